The standard InChI is InChI=1S/C28H24ClN6O2.C5H9O2.Mn/c1-15-12-18-13-31-35(4)28(36)24(18)26(32-15)33-22-11-7-8-19(16(22)2)20-9-6-10-21(25(20)29)23-14-30-17(3)27(34-23)37-5;6-5-2-1-3-7-4-5;/h6-14H,3H2,1-2,4-5H3,(H,32,33);2,5-6H,1,3-4H2;/q2*-1;+2/t;5-;/m.1./s1. The molecule has 6 rings (SSSR count). The molecule has 12 heteroatoms. The molecule has 0 aliphatic carbocycles. The number of fused-ring (bicyclic) bond motifs is 1. The quantitative estimate of drug-likeness (QED) is 0.181. The number of methoxy groups -OCH3 is 1. The van der Waals surface area contributed by atoms with E-state index >= 15 is 0 Å². The van der Waals surface area contributed by atoms with Gasteiger partial charge in [-0.05, 0) is 48.9 Å². The Bertz CT molecular complexity index is 1880. The maximum atomic E-state index is 12.9. The number of nitrogens with zero attached hydrogens (tertiary/aromatic N) is 5. The molecule has 1 radical (unpaired) electrons. The van der Waals surface area contributed by atoms with E-state index in [9.17, 15) is 4.79 Å². The number of aliphatic hydroxyl groups excluding tert-OH is 1. The Morgan fingerprint density at radius 1 is 1.13 bits per heavy atom. The van der Waals surface area contributed by atoms with Crippen LogP contribution in [-0.4, -0.2) is 56.3 Å². The molecule has 0 amide bonds. The van der Waals surface area contributed by atoms with E-state index in [1.165, 1.54) is 11.8 Å². The number of nitrogens with one attached hydrogen (secondary N) is 1. The summed E-state index contributed by atoms with van der Waals surface area (Å²) in [4.78, 5) is 26.3. The second kappa shape index (κ2) is 14.9. The number of aryl methyl sites for hydroxylation is 2. The van der Waals surface area contributed by atoms with E-state index < -0.39 is 0 Å². The summed E-state index contributed by atoms with van der Waals surface area (Å²) in [6.45, 7) is 8.98. The minimum Gasteiger partial charge on any atom is -0.563 e. The second-order valence-electron chi connectivity index (χ2n) is 10.3. The molecule has 45 heavy (non-hydrogen) atoms. The zero-order valence-electron chi connectivity index (χ0n) is 25.3. The number of halogens is 1. The number of hydrogen-bond acceptors (Lipinski definition) is 9. The first-order valence-electron chi connectivity index (χ1n) is 14.0. The molecule has 1 saturated heterocycles. The van der Waals surface area contributed by atoms with E-state index in [2.05, 4.69) is 32.3 Å². The van der Waals surface area contributed by atoms with Crippen LogP contribution in [0.5, 0.6) is 5.88 Å². The molecule has 0 spiro atoms. The molecule has 4 heterocycles. The van der Waals surface area contributed by atoms with Crippen LogP contribution >= 0.6 is 11.6 Å². The number of benzene rings is 2. The molecule has 0 unspecified atom stereocenters. The first kappa shape index (κ1) is 33.9. The zero-order valence-corrected chi connectivity index (χ0v) is 27.3. The minimum atomic E-state index is -0.311. The summed E-state index contributed by atoms with van der Waals surface area (Å²) in [5.41, 5.74) is 5.84. The van der Waals surface area contributed by atoms with Gasteiger partial charge < -0.3 is 24.9 Å². The van der Waals surface area contributed by atoms with Crippen LogP contribution in [0, 0.1) is 27.2 Å². The molecule has 2 N–H and O–H groups in total. The van der Waals surface area contributed by atoms with Gasteiger partial charge in [0.25, 0.3) is 5.56 Å². The number of hydrogen-bond donors (Lipinski definition) is 2. The van der Waals surface area contributed by atoms with Crippen molar-refractivity contribution >= 4 is 33.9 Å². The minimum absolute atomic E-state index is 0. The van der Waals surface area contributed by atoms with Crippen molar-refractivity contribution in [1.82, 2.24) is 24.7 Å². The van der Waals surface area contributed by atoms with E-state index in [0.29, 0.717) is 40.1 Å². The van der Waals surface area contributed by atoms with Gasteiger partial charge in [0.1, 0.15) is 5.82 Å². The van der Waals surface area contributed by atoms with E-state index in [1.807, 2.05) is 62.7 Å². The van der Waals surface area contributed by atoms with Gasteiger partial charge in [-0.3, -0.25) is 16.2 Å². The Kier molecular flexibility index (Phi) is 11.2. The predicted octanol–water partition coefficient (Wildman–Crippen LogP) is 5.63. The largest absolute Gasteiger partial charge is 2.00 e. The second-order valence-corrected chi connectivity index (χ2v) is 10.7. The molecule has 5 aromatic rings. The molecule has 1 aliphatic heterocycles. The third-order valence-electron chi connectivity index (χ3n) is 7.20. The number of ether oxygens (including phenoxy) is 2. The summed E-state index contributed by atoms with van der Waals surface area (Å²) in [7, 11) is 3.15. The number of aromatic nitrogens is 5. The molecule has 1 atom stereocenters. The fourth-order valence-electron chi connectivity index (χ4n) is 4.91. The molecular formula is C33H33ClMnN6O4. The smallest absolute Gasteiger partial charge is 0.563 e. The Labute approximate surface area is 277 Å². The molecule has 10 nitrogen and oxygen atoms in total. The van der Waals surface area contributed by atoms with Crippen molar-refractivity contribution in [1.29, 1.82) is 0 Å². The van der Waals surface area contributed by atoms with Gasteiger partial charge in [0.2, 0.25) is 0 Å². The van der Waals surface area contributed by atoms with Crippen molar-refractivity contribution < 1.29 is 31.6 Å². The van der Waals surface area contributed by atoms with Crippen LogP contribution in [0.25, 0.3) is 33.2 Å². The zero-order chi connectivity index (χ0) is 31.4. The third-order valence-corrected chi connectivity index (χ3v) is 7.61. The summed E-state index contributed by atoms with van der Waals surface area (Å²) >= 11 is 6.93. The first-order chi connectivity index (χ1) is 21.2. The summed E-state index contributed by atoms with van der Waals surface area (Å²) in [5.74, 6) is 0.828. The van der Waals surface area contributed by atoms with Crippen molar-refractivity contribution in [2.24, 2.45) is 7.05 Å². The Hall–Kier alpha value is -3.99. The SMILES string of the molecule is O[C@@H]1[CH-]CCOC1.[CH2-]c1ncc(-c2cccc(-c3cccc(Nc4nc(C)cc5cnn(C)c(=O)c45)c3C)c2Cl)nc1OC.[Mn+2]. The Morgan fingerprint density at radius 3 is 2.56 bits per heavy atom. The van der Waals surface area contributed by atoms with Crippen molar-refractivity contribution in [3.05, 3.63) is 101 Å². The normalized spacial score (nSPS) is 14.2. The number of aliphatic hydroxyl groups is 1. The fraction of sp³-hybridized carbons (Fsp3) is 0.242. The summed E-state index contributed by atoms with van der Waals surface area (Å²) in [6, 6.07) is 13.5. The summed E-state index contributed by atoms with van der Waals surface area (Å²) < 4.78 is 11.5. The topological polar surface area (TPSA) is 124 Å². The van der Waals surface area contributed by atoms with Gasteiger partial charge in [-0.15, -0.1) is 0 Å². The maximum absolute atomic E-state index is 12.9. The monoisotopic (exact) mass is 667 g/mol. The van der Waals surface area contributed by atoms with E-state index in [1.54, 1.807) is 19.4 Å². The molecule has 0 saturated carbocycles. The van der Waals surface area contributed by atoms with Crippen molar-refractivity contribution in [2.45, 2.75) is 26.4 Å². The number of anilines is 2. The van der Waals surface area contributed by atoms with Gasteiger partial charge in [0.15, 0.2) is 0 Å². The van der Waals surface area contributed by atoms with Crippen LogP contribution in [0.1, 0.15) is 23.4 Å². The predicted molar refractivity (Wildman–Crippen MR) is 172 cm³/mol. The maximum Gasteiger partial charge on any atom is 2.00 e. The van der Waals surface area contributed by atoms with Gasteiger partial charge in [0.05, 0.1) is 35.3 Å². The molecular weight excluding hydrogens is 635 g/mol. The molecule has 2 aromatic carbocycles. The van der Waals surface area contributed by atoms with Crippen LogP contribution in [0.3, 0.4) is 0 Å². The van der Waals surface area contributed by atoms with Gasteiger partial charge >= 0.3 is 17.1 Å². The molecule has 3 aromatic heterocycles. The fourth-order valence-corrected chi connectivity index (χ4v) is 5.24. The summed E-state index contributed by atoms with van der Waals surface area (Å²) in [5, 5.41) is 18.0. The van der Waals surface area contributed by atoms with E-state index in [0.717, 1.165) is 52.0 Å². The first-order valence-corrected chi connectivity index (χ1v) is 14.4. The van der Waals surface area contributed by atoms with Crippen molar-refractivity contribution in [3.63, 3.8) is 0 Å². The van der Waals surface area contributed by atoms with E-state index in [4.69, 9.17) is 26.2 Å². The Morgan fingerprint density at radius 2 is 1.87 bits per heavy atom. The Balaban J connectivity index is 0.000000510. The number of pyridine rings is 1. The van der Waals surface area contributed by atoms with Crippen LogP contribution in [-0.2, 0) is 28.9 Å². The van der Waals surface area contributed by atoms with Crippen LogP contribution in [0.15, 0.2) is 59.7 Å². The average molecular weight is 668 g/mol. The molecule has 1 aliphatic rings. The molecule has 1 fully saturated rings. The van der Waals surface area contributed by atoms with Crippen LogP contribution < -0.4 is 15.6 Å². The van der Waals surface area contributed by atoms with Gasteiger partial charge in [0, 0.05) is 54.4 Å². The van der Waals surface area contributed by atoms with Crippen molar-refractivity contribution in [2.75, 3.05) is 25.6 Å². The van der Waals surface area contributed by atoms with Crippen LogP contribution in [0.4, 0.5) is 11.5 Å². The van der Waals surface area contributed by atoms with Gasteiger partial charge in [-0.2, -0.15) is 11.5 Å². The van der Waals surface area contributed by atoms with E-state index in [-0.39, 0.29) is 28.7 Å². The molecule has 0 bridgehead atoms. The van der Waals surface area contributed by atoms with Gasteiger partial charge in [-0.25, -0.2) is 16.6 Å². The third kappa shape index (κ3) is 7.46. The van der Waals surface area contributed by atoms with Crippen LogP contribution in [0.2, 0.25) is 5.02 Å². The molecule has 233 valence electrons. The van der Waals surface area contributed by atoms with Crippen molar-refractivity contribution in [3.8, 4) is 28.3 Å². The van der Waals surface area contributed by atoms with Gasteiger partial charge in [-0.1, -0.05) is 41.9 Å². The average Bonchev–Trinajstić information content (AvgIpc) is 3.01. The number of rotatable bonds is 5. The summed E-state index contributed by atoms with van der Waals surface area (Å²) in [6.07, 6.45) is 5.74.